The summed E-state index contributed by atoms with van der Waals surface area (Å²) in [4.78, 5) is 11.9. The molecule has 1 N–H and O–H groups in total. The fraction of sp³-hybridized carbons (Fsp3) is 0.133. The van der Waals surface area contributed by atoms with E-state index in [1.54, 1.807) is 11.3 Å². The zero-order valence-electron chi connectivity index (χ0n) is 10.2. The highest BCUT2D eigenvalue weighted by atomic mass is 32.1. The van der Waals surface area contributed by atoms with Gasteiger partial charge in [0.05, 0.1) is 0 Å². The number of benzene rings is 1. The number of amides is 1. The summed E-state index contributed by atoms with van der Waals surface area (Å²) >= 11 is 1.70. The van der Waals surface area contributed by atoms with Gasteiger partial charge in [0.2, 0.25) is 5.91 Å². The lowest BCUT2D eigenvalue weighted by molar-refractivity contribution is -0.118. The molecule has 0 aliphatic heterocycles. The van der Waals surface area contributed by atoms with Gasteiger partial charge in [-0.15, -0.1) is 11.3 Å². The Labute approximate surface area is 111 Å². The molecule has 2 nitrogen and oxygen atoms in total. The number of carbonyl (C=O) groups is 1. The van der Waals surface area contributed by atoms with Crippen molar-refractivity contribution in [1.82, 2.24) is 5.32 Å². The largest absolute Gasteiger partial charge is 0.353 e. The van der Waals surface area contributed by atoms with Crippen LogP contribution in [0.4, 0.5) is 0 Å². The fourth-order valence-corrected chi connectivity index (χ4v) is 2.44. The third-order valence-corrected chi connectivity index (χ3v) is 3.38. The van der Waals surface area contributed by atoms with Gasteiger partial charge >= 0.3 is 0 Å². The van der Waals surface area contributed by atoms with Crippen molar-refractivity contribution in [3.05, 3.63) is 52.7 Å². The third-order valence-electron chi connectivity index (χ3n) is 2.48. The highest BCUT2D eigenvalue weighted by Crippen LogP contribution is 2.25. The zero-order chi connectivity index (χ0) is 12.8. The molecule has 1 aromatic heterocycles. The molecule has 0 atom stereocenters. The van der Waals surface area contributed by atoms with Gasteiger partial charge in [0.25, 0.3) is 0 Å². The van der Waals surface area contributed by atoms with Crippen molar-refractivity contribution >= 4 is 23.3 Å². The van der Waals surface area contributed by atoms with Crippen LogP contribution in [0.25, 0.3) is 17.2 Å². The van der Waals surface area contributed by atoms with Gasteiger partial charge in [0, 0.05) is 18.3 Å². The maximum absolute atomic E-state index is 10.7. The van der Waals surface area contributed by atoms with Crippen LogP contribution in [0.5, 0.6) is 0 Å². The summed E-state index contributed by atoms with van der Waals surface area (Å²) in [6.07, 6.45) is 4.00. The first-order valence-corrected chi connectivity index (χ1v) is 6.68. The molecule has 0 saturated carbocycles. The molecule has 0 aliphatic rings. The molecule has 3 heteroatoms. The average molecular weight is 257 g/mol. The van der Waals surface area contributed by atoms with Gasteiger partial charge in [-0.1, -0.05) is 36.4 Å². The first kappa shape index (κ1) is 12.6. The number of nitrogens with one attached hydrogen (secondary N) is 1. The Hall–Kier alpha value is -1.87. The van der Waals surface area contributed by atoms with E-state index in [0.29, 0.717) is 6.54 Å². The summed E-state index contributed by atoms with van der Waals surface area (Å²) in [5.74, 6) is -0.00389. The number of hydrogen-bond acceptors (Lipinski definition) is 2. The first-order valence-electron chi connectivity index (χ1n) is 5.80. The SMILES string of the molecule is CC(=O)NCC=Cc1cc(-c2ccccc2)cs1. The summed E-state index contributed by atoms with van der Waals surface area (Å²) in [6, 6.07) is 12.5. The molecular weight excluding hydrogens is 242 g/mol. The molecule has 1 amide bonds. The van der Waals surface area contributed by atoms with Gasteiger partial charge in [-0.25, -0.2) is 0 Å². The summed E-state index contributed by atoms with van der Waals surface area (Å²) in [5, 5.41) is 4.88. The van der Waals surface area contributed by atoms with Crippen LogP contribution < -0.4 is 5.32 Å². The Bertz CT molecular complexity index is 543. The lowest BCUT2D eigenvalue weighted by Crippen LogP contribution is -2.19. The Morgan fingerprint density at radius 2 is 2.06 bits per heavy atom. The standard InChI is InChI=1S/C15H15NOS/c1-12(17)16-9-5-8-15-10-14(11-18-15)13-6-3-2-4-7-13/h2-8,10-11H,9H2,1H3,(H,16,17). The third kappa shape index (κ3) is 3.57. The van der Waals surface area contributed by atoms with Crippen LogP contribution in [-0.2, 0) is 4.79 Å². The van der Waals surface area contributed by atoms with Crippen molar-refractivity contribution in [2.45, 2.75) is 6.92 Å². The molecule has 0 fully saturated rings. The van der Waals surface area contributed by atoms with E-state index in [2.05, 4.69) is 28.9 Å². The fourth-order valence-electron chi connectivity index (χ4n) is 1.60. The minimum absolute atomic E-state index is 0.00389. The molecule has 2 aromatic rings. The molecular formula is C15H15NOS. The van der Waals surface area contributed by atoms with Gasteiger partial charge in [-0.05, 0) is 28.6 Å². The molecule has 1 heterocycles. The van der Waals surface area contributed by atoms with Crippen molar-refractivity contribution in [2.75, 3.05) is 6.54 Å². The van der Waals surface area contributed by atoms with Crippen molar-refractivity contribution in [3.8, 4) is 11.1 Å². The zero-order valence-corrected chi connectivity index (χ0v) is 11.0. The van der Waals surface area contributed by atoms with Crippen LogP contribution in [0.1, 0.15) is 11.8 Å². The smallest absolute Gasteiger partial charge is 0.217 e. The van der Waals surface area contributed by atoms with E-state index in [-0.39, 0.29) is 5.91 Å². The van der Waals surface area contributed by atoms with Crippen molar-refractivity contribution in [1.29, 1.82) is 0 Å². The molecule has 2 rings (SSSR count). The van der Waals surface area contributed by atoms with E-state index in [4.69, 9.17) is 0 Å². The van der Waals surface area contributed by atoms with E-state index in [1.807, 2.05) is 30.4 Å². The van der Waals surface area contributed by atoms with Gasteiger partial charge in [-0.2, -0.15) is 0 Å². The molecule has 0 radical (unpaired) electrons. The van der Waals surface area contributed by atoms with Crippen LogP contribution in [0.15, 0.2) is 47.9 Å². The number of rotatable bonds is 4. The number of hydrogen-bond donors (Lipinski definition) is 1. The Balaban J connectivity index is 2.00. The molecule has 0 spiro atoms. The van der Waals surface area contributed by atoms with Crippen molar-refractivity contribution in [2.24, 2.45) is 0 Å². The predicted molar refractivity (Wildman–Crippen MR) is 77.5 cm³/mol. The molecule has 1 aromatic carbocycles. The summed E-state index contributed by atoms with van der Waals surface area (Å²) in [7, 11) is 0. The Morgan fingerprint density at radius 3 is 2.78 bits per heavy atom. The van der Waals surface area contributed by atoms with E-state index in [9.17, 15) is 4.79 Å². The van der Waals surface area contributed by atoms with Gasteiger partial charge < -0.3 is 5.32 Å². The van der Waals surface area contributed by atoms with Gasteiger partial charge in [-0.3, -0.25) is 4.79 Å². The van der Waals surface area contributed by atoms with E-state index in [1.165, 1.54) is 22.9 Å². The van der Waals surface area contributed by atoms with Crippen LogP contribution in [0.3, 0.4) is 0 Å². The van der Waals surface area contributed by atoms with E-state index >= 15 is 0 Å². The second-order valence-corrected chi connectivity index (χ2v) is 4.89. The summed E-state index contributed by atoms with van der Waals surface area (Å²) in [6.45, 7) is 2.10. The Morgan fingerprint density at radius 1 is 1.28 bits per heavy atom. The molecule has 92 valence electrons. The van der Waals surface area contributed by atoms with E-state index in [0.717, 1.165) is 0 Å². The highest BCUT2D eigenvalue weighted by Gasteiger charge is 1.99. The van der Waals surface area contributed by atoms with Gasteiger partial charge in [0.1, 0.15) is 0 Å². The molecule has 0 bridgehead atoms. The van der Waals surface area contributed by atoms with Crippen LogP contribution >= 0.6 is 11.3 Å². The van der Waals surface area contributed by atoms with Crippen LogP contribution in [-0.4, -0.2) is 12.5 Å². The number of carbonyl (C=O) groups excluding carboxylic acids is 1. The lowest BCUT2D eigenvalue weighted by atomic mass is 10.1. The summed E-state index contributed by atoms with van der Waals surface area (Å²) < 4.78 is 0. The van der Waals surface area contributed by atoms with Crippen molar-refractivity contribution in [3.63, 3.8) is 0 Å². The van der Waals surface area contributed by atoms with Crippen molar-refractivity contribution < 1.29 is 4.79 Å². The lowest BCUT2D eigenvalue weighted by Gasteiger charge is -1.95. The summed E-state index contributed by atoms with van der Waals surface area (Å²) in [5.41, 5.74) is 2.47. The second-order valence-electron chi connectivity index (χ2n) is 3.94. The maximum Gasteiger partial charge on any atom is 0.217 e. The molecule has 18 heavy (non-hydrogen) atoms. The molecule has 0 saturated heterocycles. The first-order chi connectivity index (χ1) is 8.75. The topological polar surface area (TPSA) is 29.1 Å². The Kier molecular flexibility index (Phi) is 4.31. The maximum atomic E-state index is 10.7. The van der Waals surface area contributed by atoms with Gasteiger partial charge in [0.15, 0.2) is 0 Å². The monoisotopic (exact) mass is 257 g/mol. The minimum Gasteiger partial charge on any atom is -0.353 e. The highest BCUT2D eigenvalue weighted by molar-refractivity contribution is 7.11. The number of thiophene rings is 1. The predicted octanol–water partition coefficient (Wildman–Crippen LogP) is 3.56. The van der Waals surface area contributed by atoms with Crippen LogP contribution in [0.2, 0.25) is 0 Å². The average Bonchev–Trinajstić information content (AvgIpc) is 2.84. The normalized spacial score (nSPS) is 10.7. The van der Waals surface area contributed by atoms with Crippen LogP contribution in [0, 0.1) is 0 Å². The molecule has 0 unspecified atom stereocenters. The molecule has 0 aliphatic carbocycles. The minimum atomic E-state index is -0.00389. The van der Waals surface area contributed by atoms with E-state index < -0.39 is 0 Å². The quantitative estimate of drug-likeness (QED) is 0.891. The second kappa shape index (κ2) is 6.17.